The van der Waals surface area contributed by atoms with Crippen LogP contribution in [0.1, 0.15) is 24.8 Å². The van der Waals surface area contributed by atoms with Gasteiger partial charge in [0.05, 0.1) is 14.2 Å². The molecule has 1 saturated heterocycles. The fourth-order valence-corrected chi connectivity index (χ4v) is 2.80. The van der Waals surface area contributed by atoms with Crippen LogP contribution in [0.2, 0.25) is 0 Å². The second-order valence-electron chi connectivity index (χ2n) is 5.68. The van der Waals surface area contributed by atoms with E-state index in [9.17, 15) is 4.79 Å². The van der Waals surface area contributed by atoms with Gasteiger partial charge in [-0.25, -0.2) is 0 Å². The first-order chi connectivity index (χ1) is 10.7. The lowest BCUT2D eigenvalue weighted by molar-refractivity contribution is -0.121. The molecule has 1 aromatic carbocycles. The molecule has 0 saturated carbocycles. The molecule has 0 spiro atoms. The standard InChI is InChI=1S/C17H26N2O3/c1-21-15-4-5-16(22-2)14(11-15)8-10-19-17(20)6-3-13-7-9-18-12-13/h4-5,11,13,18H,3,6-10,12H2,1-2H3,(H,19,20). The van der Waals surface area contributed by atoms with E-state index in [1.165, 1.54) is 6.42 Å². The molecular weight excluding hydrogens is 280 g/mol. The predicted molar refractivity (Wildman–Crippen MR) is 86.5 cm³/mol. The molecule has 5 nitrogen and oxygen atoms in total. The number of ether oxygens (including phenoxy) is 2. The molecule has 122 valence electrons. The van der Waals surface area contributed by atoms with Crippen LogP contribution in [0.15, 0.2) is 18.2 Å². The number of benzene rings is 1. The summed E-state index contributed by atoms with van der Waals surface area (Å²) in [5.41, 5.74) is 1.04. The van der Waals surface area contributed by atoms with Gasteiger partial charge in [-0.15, -0.1) is 0 Å². The van der Waals surface area contributed by atoms with E-state index in [0.717, 1.165) is 43.0 Å². The van der Waals surface area contributed by atoms with Gasteiger partial charge in [-0.05, 0) is 62.0 Å². The molecule has 1 amide bonds. The molecule has 2 N–H and O–H groups in total. The summed E-state index contributed by atoms with van der Waals surface area (Å²) >= 11 is 0. The van der Waals surface area contributed by atoms with Crippen molar-refractivity contribution in [3.63, 3.8) is 0 Å². The summed E-state index contributed by atoms with van der Waals surface area (Å²) in [5.74, 6) is 2.42. The first-order valence-electron chi connectivity index (χ1n) is 7.91. The van der Waals surface area contributed by atoms with E-state index in [4.69, 9.17) is 9.47 Å². The van der Waals surface area contributed by atoms with Crippen molar-refractivity contribution in [2.75, 3.05) is 33.9 Å². The van der Waals surface area contributed by atoms with Gasteiger partial charge in [0.1, 0.15) is 11.5 Å². The summed E-state index contributed by atoms with van der Waals surface area (Å²) in [6.07, 6.45) is 3.51. The molecule has 1 aromatic rings. The quantitative estimate of drug-likeness (QED) is 0.768. The van der Waals surface area contributed by atoms with E-state index in [-0.39, 0.29) is 5.91 Å². The highest BCUT2D eigenvalue weighted by Gasteiger charge is 2.15. The molecule has 1 aliphatic rings. The Morgan fingerprint density at radius 2 is 2.23 bits per heavy atom. The Bertz CT molecular complexity index is 485. The van der Waals surface area contributed by atoms with Crippen LogP contribution in [-0.4, -0.2) is 39.8 Å². The van der Waals surface area contributed by atoms with Crippen molar-refractivity contribution < 1.29 is 14.3 Å². The maximum Gasteiger partial charge on any atom is 0.220 e. The third-order valence-corrected chi connectivity index (χ3v) is 4.15. The zero-order valence-electron chi connectivity index (χ0n) is 13.5. The Balaban J connectivity index is 1.74. The Morgan fingerprint density at radius 1 is 1.36 bits per heavy atom. The zero-order valence-corrected chi connectivity index (χ0v) is 13.5. The van der Waals surface area contributed by atoms with Gasteiger partial charge in [-0.3, -0.25) is 4.79 Å². The number of nitrogens with one attached hydrogen (secondary N) is 2. The van der Waals surface area contributed by atoms with Gasteiger partial charge in [-0.1, -0.05) is 0 Å². The van der Waals surface area contributed by atoms with Gasteiger partial charge >= 0.3 is 0 Å². The molecule has 0 aliphatic carbocycles. The van der Waals surface area contributed by atoms with Crippen LogP contribution in [0.4, 0.5) is 0 Å². The summed E-state index contributed by atoms with van der Waals surface area (Å²) in [7, 11) is 3.30. The highest BCUT2D eigenvalue weighted by molar-refractivity contribution is 5.75. The lowest BCUT2D eigenvalue weighted by Crippen LogP contribution is -2.26. The summed E-state index contributed by atoms with van der Waals surface area (Å²) < 4.78 is 10.6. The molecular formula is C17H26N2O3. The minimum Gasteiger partial charge on any atom is -0.497 e. The molecule has 1 atom stereocenters. The fourth-order valence-electron chi connectivity index (χ4n) is 2.80. The second-order valence-corrected chi connectivity index (χ2v) is 5.68. The van der Waals surface area contributed by atoms with Crippen molar-refractivity contribution in [2.45, 2.75) is 25.7 Å². The Hall–Kier alpha value is -1.75. The Morgan fingerprint density at radius 3 is 2.91 bits per heavy atom. The maximum absolute atomic E-state index is 11.9. The van der Waals surface area contributed by atoms with E-state index in [0.29, 0.717) is 18.9 Å². The van der Waals surface area contributed by atoms with Gasteiger partial charge in [0.2, 0.25) is 5.91 Å². The van der Waals surface area contributed by atoms with Crippen molar-refractivity contribution in [1.29, 1.82) is 0 Å². The van der Waals surface area contributed by atoms with Gasteiger partial charge < -0.3 is 20.1 Å². The number of hydrogen-bond acceptors (Lipinski definition) is 4. The number of methoxy groups -OCH3 is 2. The lowest BCUT2D eigenvalue weighted by atomic mass is 10.0. The van der Waals surface area contributed by atoms with Crippen LogP contribution < -0.4 is 20.1 Å². The van der Waals surface area contributed by atoms with Crippen molar-refractivity contribution >= 4 is 5.91 Å². The largest absolute Gasteiger partial charge is 0.497 e. The van der Waals surface area contributed by atoms with Crippen LogP contribution in [0.25, 0.3) is 0 Å². The van der Waals surface area contributed by atoms with Crippen molar-refractivity contribution in [1.82, 2.24) is 10.6 Å². The van der Waals surface area contributed by atoms with Crippen molar-refractivity contribution in [3.8, 4) is 11.5 Å². The molecule has 0 aromatic heterocycles. The van der Waals surface area contributed by atoms with Crippen LogP contribution >= 0.6 is 0 Å². The maximum atomic E-state index is 11.9. The molecule has 22 heavy (non-hydrogen) atoms. The number of rotatable bonds is 8. The molecule has 1 unspecified atom stereocenters. The number of hydrogen-bond donors (Lipinski definition) is 2. The number of amides is 1. The number of carbonyl (C=O) groups is 1. The van der Waals surface area contributed by atoms with Gasteiger partial charge in [0.15, 0.2) is 0 Å². The van der Waals surface area contributed by atoms with Gasteiger partial charge in [0.25, 0.3) is 0 Å². The smallest absolute Gasteiger partial charge is 0.220 e. The molecule has 0 bridgehead atoms. The third kappa shape index (κ3) is 4.91. The van der Waals surface area contributed by atoms with Crippen molar-refractivity contribution in [2.24, 2.45) is 5.92 Å². The normalized spacial score (nSPS) is 17.3. The first kappa shape index (κ1) is 16.6. The first-order valence-corrected chi connectivity index (χ1v) is 7.91. The van der Waals surface area contributed by atoms with Gasteiger partial charge in [0, 0.05) is 13.0 Å². The van der Waals surface area contributed by atoms with E-state index < -0.39 is 0 Å². The minimum atomic E-state index is 0.133. The highest BCUT2D eigenvalue weighted by Crippen LogP contribution is 2.24. The van der Waals surface area contributed by atoms with Crippen molar-refractivity contribution in [3.05, 3.63) is 23.8 Å². The summed E-state index contributed by atoms with van der Waals surface area (Å²) in [4.78, 5) is 11.9. The summed E-state index contributed by atoms with van der Waals surface area (Å²) in [6.45, 7) is 2.75. The zero-order chi connectivity index (χ0) is 15.8. The minimum absolute atomic E-state index is 0.133. The average Bonchev–Trinajstić information content (AvgIpc) is 3.06. The molecule has 2 rings (SSSR count). The number of carbonyl (C=O) groups excluding carboxylic acids is 1. The SMILES string of the molecule is COc1ccc(OC)c(CCNC(=O)CCC2CCNC2)c1. The predicted octanol–water partition coefficient (Wildman–Crippen LogP) is 1.75. The highest BCUT2D eigenvalue weighted by atomic mass is 16.5. The lowest BCUT2D eigenvalue weighted by Gasteiger charge is -2.12. The van der Waals surface area contributed by atoms with E-state index in [1.54, 1.807) is 14.2 Å². The third-order valence-electron chi connectivity index (χ3n) is 4.15. The molecule has 0 radical (unpaired) electrons. The van der Waals surface area contributed by atoms with E-state index >= 15 is 0 Å². The Labute approximate surface area is 132 Å². The molecule has 5 heteroatoms. The molecule has 1 aliphatic heterocycles. The average molecular weight is 306 g/mol. The van der Waals surface area contributed by atoms with Gasteiger partial charge in [-0.2, -0.15) is 0 Å². The van der Waals surface area contributed by atoms with E-state index in [2.05, 4.69) is 10.6 Å². The van der Waals surface area contributed by atoms with Crippen LogP contribution in [-0.2, 0) is 11.2 Å². The van der Waals surface area contributed by atoms with Crippen LogP contribution in [0, 0.1) is 5.92 Å². The summed E-state index contributed by atoms with van der Waals surface area (Å²) in [5, 5.41) is 6.31. The molecule has 1 heterocycles. The van der Waals surface area contributed by atoms with Crippen LogP contribution in [0.5, 0.6) is 11.5 Å². The summed E-state index contributed by atoms with van der Waals surface area (Å²) in [6, 6.07) is 5.72. The van der Waals surface area contributed by atoms with E-state index in [1.807, 2.05) is 18.2 Å². The monoisotopic (exact) mass is 306 g/mol. The Kier molecular flexibility index (Phi) is 6.52. The topological polar surface area (TPSA) is 59.6 Å². The fraction of sp³-hybridized carbons (Fsp3) is 0.588. The molecule has 1 fully saturated rings. The second kappa shape index (κ2) is 8.63. The van der Waals surface area contributed by atoms with Crippen LogP contribution in [0.3, 0.4) is 0 Å².